The van der Waals surface area contributed by atoms with E-state index in [4.69, 9.17) is 14.2 Å². The standard InChI is InChI=1S/C24H37N5O5/c1-19(2)28-29-22-11-10-20(18-27-22)23(30)25-12-14-32-16-17-33-15-13-26-24(31)34-21-8-6-4-3-5-7-9-21/h3-4,10-11,18,21H,5-9,12-17H2,1-2H3,(H,25,30)(H,26,31)(H,27,29)/b4-3+. The van der Waals surface area contributed by atoms with Crippen molar-refractivity contribution in [3.05, 3.63) is 36.0 Å². The van der Waals surface area contributed by atoms with Gasteiger partial charge >= 0.3 is 6.09 Å². The molecule has 0 radical (unpaired) electrons. The maximum atomic E-state index is 12.1. The molecule has 1 aliphatic carbocycles. The van der Waals surface area contributed by atoms with Crippen molar-refractivity contribution in [2.24, 2.45) is 5.10 Å². The molecule has 0 saturated carbocycles. The van der Waals surface area contributed by atoms with Gasteiger partial charge in [-0.1, -0.05) is 12.2 Å². The Morgan fingerprint density at radius 2 is 1.74 bits per heavy atom. The number of nitrogens with one attached hydrogen (secondary N) is 3. The molecule has 0 aromatic carbocycles. The molecule has 3 N–H and O–H groups in total. The molecular weight excluding hydrogens is 438 g/mol. The molecule has 1 aromatic heterocycles. The molecule has 0 aliphatic heterocycles. The normalized spacial score (nSPS) is 16.5. The molecule has 34 heavy (non-hydrogen) atoms. The Morgan fingerprint density at radius 1 is 1.00 bits per heavy atom. The van der Waals surface area contributed by atoms with Gasteiger partial charge in [0.05, 0.1) is 32.0 Å². The van der Waals surface area contributed by atoms with Crippen LogP contribution in [0.5, 0.6) is 0 Å². The third-order valence-corrected chi connectivity index (χ3v) is 4.83. The second kappa shape index (κ2) is 16.6. The molecule has 2 amide bonds. The summed E-state index contributed by atoms with van der Waals surface area (Å²) in [5.74, 6) is 0.351. The average molecular weight is 476 g/mol. The van der Waals surface area contributed by atoms with E-state index < -0.39 is 6.09 Å². The zero-order chi connectivity index (χ0) is 24.4. The molecule has 1 atom stereocenters. The quantitative estimate of drug-likeness (QED) is 0.173. The molecular formula is C24H37N5O5. The maximum absolute atomic E-state index is 12.1. The van der Waals surface area contributed by atoms with Gasteiger partial charge in [0.1, 0.15) is 11.9 Å². The van der Waals surface area contributed by atoms with Gasteiger partial charge in [-0.3, -0.25) is 10.2 Å². The first-order valence-electron chi connectivity index (χ1n) is 11.8. The number of aromatic nitrogens is 1. The zero-order valence-corrected chi connectivity index (χ0v) is 20.2. The van der Waals surface area contributed by atoms with Gasteiger partial charge in [0.15, 0.2) is 0 Å². The minimum Gasteiger partial charge on any atom is -0.446 e. The SMILES string of the molecule is CC(C)=NNc1ccc(C(=O)NCCOCCOCCNC(=O)OC2CC/C=C/CCC2)cn1. The monoisotopic (exact) mass is 475 g/mol. The summed E-state index contributed by atoms with van der Waals surface area (Å²) in [5, 5.41) is 9.54. The van der Waals surface area contributed by atoms with E-state index in [0.717, 1.165) is 37.8 Å². The van der Waals surface area contributed by atoms with E-state index >= 15 is 0 Å². The summed E-state index contributed by atoms with van der Waals surface area (Å²) in [7, 11) is 0. The topological polar surface area (TPSA) is 123 Å². The van der Waals surface area contributed by atoms with Gasteiger partial charge in [0, 0.05) is 25.0 Å². The van der Waals surface area contributed by atoms with Gasteiger partial charge in [-0.15, -0.1) is 0 Å². The van der Waals surface area contributed by atoms with Gasteiger partial charge in [0.25, 0.3) is 5.91 Å². The van der Waals surface area contributed by atoms with Gasteiger partial charge in [-0.05, 0) is 58.1 Å². The second-order valence-electron chi connectivity index (χ2n) is 8.02. The van der Waals surface area contributed by atoms with Crippen LogP contribution in [0.15, 0.2) is 35.6 Å². The van der Waals surface area contributed by atoms with E-state index in [1.165, 1.54) is 6.20 Å². The lowest BCUT2D eigenvalue weighted by atomic mass is 10.0. The van der Waals surface area contributed by atoms with Crippen molar-refractivity contribution in [2.45, 2.75) is 52.1 Å². The smallest absolute Gasteiger partial charge is 0.407 e. The van der Waals surface area contributed by atoms with Crippen LogP contribution in [0, 0.1) is 0 Å². The highest BCUT2D eigenvalue weighted by molar-refractivity contribution is 5.94. The zero-order valence-electron chi connectivity index (χ0n) is 20.2. The first-order valence-corrected chi connectivity index (χ1v) is 11.8. The van der Waals surface area contributed by atoms with Crippen molar-refractivity contribution < 1.29 is 23.8 Å². The van der Waals surface area contributed by atoms with Gasteiger partial charge in [-0.2, -0.15) is 5.10 Å². The summed E-state index contributed by atoms with van der Waals surface area (Å²) >= 11 is 0. The van der Waals surface area contributed by atoms with Crippen LogP contribution in [0.4, 0.5) is 10.6 Å². The Kier molecular flexibility index (Phi) is 13.3. The summed E-state index contributed by atoms with van der Waals surface area (Å²) in [6, 6.07) is 3.37. The van der Waals surface area contributed by atoms with Gasteiger partial charge in [-0.25, -0.2) is 9.78 Å². The molecule has 1 aliphatic rings. The van der Waals surface area contributed by atoms with E-state index in [1.54, 1.807) is 12.1 Å². The molecule has 0 bridgehead atoms. The number of rotatable bonds is 13. The number of hydrazone groups is 1. The van der Waals surface area contributed by atoms with Gasteiger partial charge < -0.3 is 24.8 Å². The number of hydrogen-bond acceptors (Lipinski definition) is 8. The molecule has 0 fully saturated rings. The fourth-order valence-electron chi connectivity index (χ4n) is 3.09. The fourth-order valence-corrected chi connectivity index (χ4v) is 3.09. The van der Waals surface area contributed by atoms with Crippen LogP contribution in [0.25, 0.3) is 0 Å². The number of anilines is 1. The van der Waals surface area contributed by atoms with Gasteiger partial charge in [0.2, 0.25) is 0 Å². The molecule has 10 nitrogen and oxygen atoms in total. The lowest BCUT2D eigenvalue weighted by Gasteiger charge is -2.18. The number of carbonyl (C=O) groups excluding carboxylic acids is 2. The van der Waals surface area contributed by atoms with Crippen molar-refractivity contribution >= 4 is 23.5 Å². The average Bonchev–Trinajstić information content (AvgIpc) is 2.80. The number of ether oxygens (including phenoxy) is 3. The van der Waals surface area contributed by atoms with E-state index in [2.05, 4.69) is 38.3 Å². The molecule has 0 saturated heterocycles. The van der Waals surface area contributed by atoms with E-state index in [9.17, 15) is 9.59 Å². The first kappa shape index (κ1) is 27.3. The van der Waals surface area contributed by atoms with Crippen LogP contribution in [0.2, 0.25) is 0 Å². The number of hydrogen-bond donors (Lipinski definition) is 3. The number of pyridine rings is 1. The Hall–Kier alpha value is -2.98. The largest absolute Gasteiger partial charge is 0.446 e. The van der Waals surface area contributed by atoms with Crippen LogP contribution in [-0.4, -0.2) is 68.3 Å². The molecule has 10 heteroatoms. The van der Waals surface area contributed by atoms with Crippen LogP contribution >= 0.6 is 0 Å². The Morgan fingerprint density at radius 3 is 2.44 bits per heavy atom. The van der Waals surface area contributed by atoms with Crippen LogP contribution in [0.1, 0.15) is 56.3 Å². The molecule has 1 unspecified atom stereocenters. The Bertz CT molecular complexity index is 793. The molecule has 1 aromatic rings. The van der Waals surface area contributed by atoms with E-state index in [-0.39, 0.29) is 12.0 Å². The lowest BCUT2D eigenvalue weighted by molar-refractivity contribution is 0.0468. The summed E-state index contributed by atoms with van der Waals surface area (Å²) in [4.78, 5) is 28.1. The Balaban J connectivity index is 1.43. The predicted octanol–water partition coefficient (Wildman–Crippen LogP) is 3.27. The third kappa shape index (κ3) is 12.3. The maximum Gasteiger partial charge on any atom is 0.407 e. The molecule has 188 valence electrons. The summed E-state index contributed by atoms with van der Waals surface area (Å²) in [5.41, 5.74) is 4.15. The van der Waals surface area contributed by atoms with Crippen LogP contribution in [0.3, 0.4) is 0 Å². The number of amides is 2. The predicted molar refractivity (Wildman–Crippen MR) is 131 cm³/mol. The minimum absolute atomic E-state index is 0.0164. The number of allylic oxidation sites excluding steroid dienone is 2. The van der Waals surface area contributed by atoms with E-state index in [1.807, 2.05) is 13.8 Å². The van der Waals surface area contributed by atoms with Crippen molar-refractivity contribution in [1.82, 2.24) is 15.6 Å². The fraction of sp³-hybridized carbons (Fsp3) is 0.583. The molecule has 1 heterocycles. The van der Waals surface area contributed by atoms with Crippen molar-refractivity contribution in [1.29, 1.82) is 0 Å². The van der Waals surface area contributed by atoms with Crippen LogP contribution in [-0.2, 0) is 14.2 Å². The highest BCUT2D eigenvalue weighted by atomic mass is 16.6. The first-order chi connectivity index (χ1) is 16.5. The highest BCUT2D eigenvalue weighted by Gasteiger charge is 2.14. The van der Waals surface area contributed by atoms with Crippen LogP contribution < -0.4 is 16.1 Å². The summed E-state index contributed by atoms with van der Waals surface area (Å²) in [6.45, 7) is 6.05. The van der Waals surface area contributed by atoms with Crippen molar-refractivity contribution in [3.8, 4) is 0 Å². The van der Waals surface area contributed by atoms with E-state index in [0.29, 0.717) is 50.9 Å². The second-order valence-corrected chi connectivity index (χ2v) is 8.02. The summed E-state index contributed by atoms with van der Waals surface area (Å²) in [6.07, 6.45) is 10.2. The number of nitrogens with zero attached hydrogens (tertiary/aromatic N) is 2. The minimum atomic E-state index is -0.393. The molecule has 0 spiro atoms. The highest BCUT2D eigenvalue weighted by Crippen LogP contribution is 2.15. The third-order valence-electron chi connectivity index (χ3n) is 4.83. The number of carbonyl (C=O) groups is 2. The summed E-state index contributed by atoms with van der Waals surface area (Å²) < 4.78 is 16.3. The molecule has 2 rings (SSSR count). The Labute approximate surface area is 201 Å². The number of alkyl carbamates (subject to hydrolysis) is 1. The lowest BCUT2D eigenvalue weighted by Crippen LogP contribution is -2.32. The van der Waals surface area contributed by atoms with Crippen molar-refractivity contribution in [3.63, 3.8) is 0 Å². The van der Waals surface area contributed by atoms with Crippen molar-refractivity contribution in [2.75, 3.05) is 44.9 Å².